The summed E-state index contributed by atoms with van der Waals surface area (Å²) in [6.07, 6.45) is 1.09. The Hall–Kier alpha value is -2.31. The van der Waals surface area contributed by atoms with Crippen LogP contribution in [0.2, 0.25) is 0 Å². The Balaban J connectivity index is 1.85. The zero-order valence-electron chi connectivity index (χ0n) is 16.3. The van der Waals surface area contributed by atoms with Crippen molar-refractivity contribution in [3.63, 3.8) is 0 Å². The minimum absolute atomic E-state index is 0.0671. The van der Waals surface area contributed by atoms with Crippen LogP contribution in [0.25, 0.3) is 22.2 Å². The fourth-order valence-corrected chi connectivity index (χ4v) is 6.43. The van der Waals surface area contributed by atoms with E-state index in [1.54, 1.807) is 16.1 Å². The van der Waals surface area contributed by atoms with E-state index in [0.29, 0.717) is 10.8 Å². The molecule has 0 amide bonds. The maximum Gasteiger partial charge on any atom is 0.269 e. The lowest BCUT2D eigenvalue weighted by molar-refractivity contribution is 0.243. The standard InChI is InChI=1S/C22H24N2O3S/c1-14(2)27-16-8-9-19-18(12-16)21(15-10-11-23(3)13-15)22-17-6-4-5-7-20(17)28(25,26)24(19)22/h4-9,12,14-15H,10-11,13H2,1-3H3. The molecule has 0 spiro atoms. The number of benzene rings is 2. The van der Waals surface area contributed by atoms with Crippen LogP contribution < -0.4 is 4.74 Å². The van der Waals surface area contributed by atoms with Crippen LogP contribution in [-0.4, -0.2) is 43.5 Å². The average molecular weight is 397 g/mol. The predicted molar refractivity (Wildman–Crippen MR) is 111 cm³/mol. The number of aromatic nitrogens is 1. The quantitative estimate of drug-likeness (QED) is 0.524. The second-order valence-electron chi connectivity index (χ2n) is 8.12. The third-order valence-electron chi connectivity index (χ3n) is 5.77. The Labute approximate surface area is 165 Å². The second-order valence-corrected chi connectivity index (χ2v) is 9.88. The lowest BCUT2D eigenvalue weighted by atomic mass is 9.92. The minimum Gasteiger partial charge on any atom is -0.491 e. The van der Waals surface area contributed by atoms with Gasteiger partial charge in [-0.05, 0) is 63.7 Å². The number of likely N-dealkylation sites (tertiary alicyclic amines) is 1. The van der Waals surface area contributed by atoms with Crippen molar-refractivity contribution in [2.75, 3.05) is 20.1 Å². The lowest BCUT2D eigenvalue weighted by Crippen LogP contribution is -2.13. The molecule has 2 aromatic carbocycles. The highest BCUT2D eigenvalue weighted by Crippen LogP contribution is 2.49. The molecule has 1 atom stereocenters. The average Bonchev–Trinajstić information content (AvgIpc) is 3.27. The van der Waals surface area contributed by atoms with Gasteiger partial charge in [0.1, 0.15) is 5.75 Å². The number of nitrogens with zero attached hydrogens (tertiary/aromatic N) is 2. The maximum absolute atomic E-state index is 13.4. The summed E-state index contributed by atoms with van der Waals surface area (Å²) in [6.45, 7) is 5.95. The molecule has 1 fully saturated rings. The number of fused-ring (bicyclic) bond motifs is 5. The van der Waals surface area contributed by atoms with Crippen LogP contribution in [-0.2, 0) is 10.0 Å². The van der Waals surface area contributed by atoms with E-state index >= 15 is 0 Å². The maximum atomic E-state index is 13.4. The van der Waals surface area contributed by atoms with Crippen LogP contribution in [0.1, 0.15) is 31.7 Å². The van der Waals surface area contributed by atoms with Gasteiger partial charge in [0.05, 0.1) is 22.2 Å². The monoisotopic (exact) mass is 396 g/mol. The van der Waals surface area contributed by atoms with Crippen LogP contribution in [0.15, 0.2) is 47.4 Å². The zero-order chi connectivity index (χ0) is 19.6. The van der Waals surface area contributed by atoms with E-state index < -0.39 is 10.0 Å². The van der Waals surface area contributed by atoms with Crippen LogP contribution in [0, 0.1) is 0 Å². The van der Waals surface area contributed by atoms with Crippen molar-refractivity contribution in [1.29, 1.82) is 0 Å². The van der Waals surface area contributed by atoms with Gasteiger partial charge in [-0.1, -0.05) is 18.2 Å². The first-order valence-corrected chi connectivity index (χ1v) is 11.2. The predicted octanol–water partition coefficient (Wildman–Crippen LogP) is 4.07. The van der Waals surface area contributed by atoms with Crippen LogP contribution in [0.5, 0.6) is 5.75 Å². The number of hydrogen-bond donors (Lipinski definition) is 0. The van der Waals surface area contributed by atoms with Gasteiger partial charge < -0.3 is 9.64 Å². The molecule has 5 rings (SSSR count). The van der Waals surface area contributed by atoms with Gasteiger partial charge in [0.25, 0.3) is 10.0 Å². The number of likely N-dealkylation sites (N-methyl/N-ethyl adjacent to an activating group) is 1. The SMILES string of the molecule is CC(C)Oc1ccc2c(c1)c(C1CCN(C)C1)c1n2S(=O)(=O)c2ccccc2-1. The smallest absolute Gasteiger partial charge is 0.269 e. The van der Waals surface area contributed by atoms with Crippen LogP contribution >= 0.6 is 0 Å². The number of hydrogen-bond acceptors (Lipinski definition) is 4. The molecule has 2 aliphatic heterocycles. The van der Waals surface area contributed by atoms with E-state index in [-0.39, 0.29) is 6.10 Å². The topological polar surface area (TPSA) is 51.5 Å². The van der Waals surface area contributed by atoms with Crippen molar-refractivity contribution >= 4 is 20.9 Å². The fourth-order valence-electron chi connectivity index (χ4n) is 4.68. The summed E-state index contributed by atoms with van der Waals surface area (Å²) in [6, 6.07) is 13.1. The molecule has 1 aromatic heterocycles. The first-order valence-electron chi connectivity index (χ1n) is 9.76. The molecule has 146 valence electrons. The van der Waals surface area contributed by atoms with E-state index in [0.717, 1.165) is 53.0 Å². The molecule has 0 aliphatic carbocycles. The first kappa shape index (κ1) is 17.8. The summed E-state index contributed by atoms with van der Waals surface area (Å²) in [7, 11) is -1.47. The highest BCUT2D eigenvalue weighted by atomic mass is 32.2. The molecule has 5 nitrogen and oxygen atoms in total. The molecule has 1 unspecified atom stereocenters. The Morgan fingerprint density at radius 3 is 2.64 bits per heavy atom. The van der Waals surface area contributed by atoms with Crippen molar-refractivity contribution in [2.24, 2.45) is 0 Å². The van der Waals surface area contributed by atoms with Gasteiger partial charge in [0.15, 0.2) is 0 Å². The molecule has 3 aromatic rings. The number of ether oxygens (including phenoxy) is 1. The third kappa shape index (κ3) is 2.44. The normalized spacial score (nSPS) is 20.6. The van der Waals surface area contributed by atoms with Crippen molar-refractivity contribution in [1.82, 2.24) is 8.87 Å². The summed E-state index contributed by atoms with van der Waals surface area (Å²) in [5.74, 6) is 1.09. The third-order valence-corrected chi connectivity index (χ3v) is 7.54. The molecule has 2 aliphatic rings. The Bertz CT molecular complexity index is 1190. The molecular weight excluding hydrogens is 372 g/mol. The van der Waals surface area contributed by atoms with Crippen molar-refractivity contribution in [2.45, 2.75) is 37.2 Å². The molecule has 1 saturated heterocycles. The molecule has 0 radical (unpaired) electrons. The van der Waals surface area contributed by atoms with Gasteiger partial charge in [-0.25, -0.2) is 12.4 Å². The summed E-state index contributed by atoms with van der Waals surface area (Å²) in [4.78, 5) is 2.71. The van der Waals surface area contributed by atoms with Gasteiger partial charge in [0, 0.05) is 23.4 Å². The van der Waals surface area contributed by atoms with Gasteiger partial charge >= 0.3 is 0 Å². The Morgan fingerprint density at radius 1 is 1.14 bits per heavy atom. The van der Waals surface area contributed by atoms with E-state index in [1.165, 1.54) is 0 Å². The Morgan fingerprint density at radius 2 is 1.93 bits per heavy atom. The van der Waals surface area contributed by atoms with E-state index in [2.05, 4.69) is 11.9 Å². The highest BCUT2D eigenvalue weighted by Gasteiger charge is 2.39. The minimum atomic E-state index is -3.59. The van der Waals surface area contributed by atoms with Crippen molar-refractivity contribution in [3.8, 4) is 17.0 Å². The lowest BCUT2D eigenvalue weighted by Gasteiger charge is -2.14. The van der Waals surface area contributed by atoms with E-state index in [9.17, 15) is 8.42 Å². The summed E-state index contributed by atoms with van der Waals surface area (Å²) < 4.78 is 34.2. The fraction of sp³-hybridized carbons (Fsp3) is 0.364. The zero-order valence-corrected chi connectivity index (χ0v) is 17.2. The summed E-state index contributed by atoms with van der Waals surface area (Å²) in [5, 5.41) is 0.992. The molecule has 28 heavy (non-hydrogen) atoms. The van der Waals surface area contributed by atoms with Crippen molar-refractivity contribution in [3.05, 3.63) is 48.0 Å². The first-order chi connectivity index (χ1) is 13.4. The second kappa shape index (κ2) is 6.09. The van der Waals surface area contributed by atoms with Crippen LogP contribution in [0.4, 0.5) is 0 Å². The largest absolute Gasteiger partial charge is 0.491 e. The van der Waals surface area contributed by atoms with E-state index in [4.69, 9.17) is 4.74 Å². The van der Waals surface area contributed by atoms with Gasteiger partial charge in [0.2, 0.25) is 0 Å². The molecule has 0 N–H and O–H groups in total. The molecular formula is C22H24N2O3S. The summed E-state index contributed by atoms with van der Waals surface area (Å²) in [5.41, 5.74) is 3.54. The van der Waals surface area contributed by atoms with Crippen molar-refractivity contribution < 1.29 is 13.2 Å². The van der Waals surface area contributed by atoms with Crippen LogP contribution in [0.3, 0.4) is 0 Å². The summed E-state index contributed by atoms with van der Waals surface area (Å²) >= 11 is 0. The van der Waals surface area contributed by atoms with Gasteiger partial charge in [-0.2, -0.15) is 0 Å². The molecule has 3 heterocycles. The molecule has 0 bridgehead atoms. The van der Waals surface area contributed by atoms with Gasteiger partial charge in [-0.15, -0.1) is 0 Å². The molecule has 0 saturated carbocycles. The Kier molecular flexibility index (Phi) is 3.87. The highest BCUT2D eigenvalue weighted by molar-refractivity contribution is 7.90. The van der Waals surface area contributed by atoms with E-state index in [1.807, 2.05) is 44.2 Å². The van der Waals surface area contributed by atoms with Gasteiger partial charge in [-0.3, -0.25) is 0 Å². The molecule has 6 heteroatoms. The number of rotatable bonds is 3.